The molecule has 2 N–H and O–H groups in total. The summed E-state index contributed by atoms with van der Waals surface area (Å²) in [5.41, 5.74) is 0.591. The van der Waals surface area contributed by atoms with Crippen molar-refractivity contribution >= 4 is 17.4 Å². The molecule has 0 aromatic carbocycles. The van der Waals surface area contributed by atoms with Crippen LogP contribution in [0.4, 0.5) is 5.82 Å². The third kappa shape index (κ3) is 3.39. The molecule has 1 aliphatic carbocycles. The first-order valence-corrected chi connectivity index (χ1v) is 7.33. The van der Waals surface area contributed by atoms with Crippen LogP contribution < -0.4 is 10.9 Å². The van der Waals surface area contributed by atoms with E-state index in [1.807, 2.05) is 0 Å². The van der Waals surface area contributed by atoms with Crippen molar-refractivity contribution in [2.75, 3.05) is 5.32 Å². The summed E-state index contributed by atoms with van der Waals surface area (Å²) in [6.07, 6.45) is 3.40. The van der Waals surface area contributed by atoms with E-state index < -0.39 is 0 Å². The normalized spacial score (nSPS) is 14.8. The fraction of sp³-hybridized carbons (Fsp3) is 0.429. The number of anilines is 1. The number of H-pyrrole nitrogens is 1. The summed E-state index contributed by atoms with van der Waals surface area (Å²) < 4.78 is 0. The molecule has 3 rings (SSSR count). The summed E-state index contributed by atoms with van der Waals surface area (Å²) in [4.78, 5) is 27.3. The zero-order valence-corrected chi connectivity index (χ0v) is 12.4. The molecule has 7 heteroatoms. The predicted molar refractivity (Wildman–Crippen MR) is 80.6 cm³/mol. The summed E-state index contributed by atoms with van der Waals surface area (Å²) >= 11 is 5.89. The van der Waals surface area contributed by atoms with Gasteiger partial charge in [-0.2, -0.15) is 0 Å². The molecule has 0 amide bonds. The molecule has 1 saturated carbocycles. The Morgan fingerprint density at radius 3 is 2.81 bits per heavy atom. The van der Waals surface area contributed by atoms with Crippen molar-refractivity contribution in [1.29, 1.82) is 0 Å². The lowest BCUT2D eigenvalue weighted by molar-refractivity contribution is 0.399. The second-order valence-electron chi connectivity index (χ2n) is 5.23. The van der Waals surface area contributed by atoms with Crippen molar-refractivity contribution in [2.24, 2.45) is 0 Å². The molecule has 0 spiro atoms. The average molecular weight is 306 g/mol. The van der Waals surface area contributed by atoms with Gasteiger partial charge in [0.05, 0.1) is 12.2 Å². The quantitative estimate of drug-likeness (QED) is 0.847. The molecule has 6 nitrogen and oxygen atoms in total. The van der Waals surface area contributed by atoms with Crippen LogP contribution in [0, 0.1) is 6.92 Å². The lowest BCUT2D eigenvalue weighted by atomic mass is 9.85. The summed E-state index contributed by atoms with van der Waals surface area (Å²) in [5.74, 6) is 2.41. The monoisotopic (exact) mass is 305 g/mol. The Bertz CT molecular complexity index is 691. The van der Waals surface area contributed by atoms with Gasteiger partial charge < -0.3 is 10.3 Å². The number of aromatic amines is 1. The van der Waals surface area contributed by atoms with Gasteiger partial charge >= 0.3 is 0 Å². The number of hydrogen-bond donors (Lipinski definition) is 2. The maximum Gasteiger partial charge on any atom is 0.251 e. The van der Waals surface area contributed by atoms with E-state index in [0.29, 0.717) is 35.0 Å². The van der Waals surface area contributed by atoms with Crippen LogP contribution in [0.25, 0.3) is 0 Å². The van der Waals surface area contributed by atoms with Gasteiger partial charge in [-0.1, -0.05) is 18.0 Å². The Morgan fingerprint density at radius 1 is 1.33 bits per heavy atom. The van der Waals surface area contributed by atoms with Crippen molar-refractivity contribution in [3.05, 3.63) is 45.0 Å². The Hall–Kier alpha value is -1.95. The smallest absolute Gasteiger partial charge is 0.251 e. The van der Waals surface area contributed by atoms with Gasteiger partial charge in [-0.25, -0.2) is 15.0 Å². The van der Waals surface area contributed by atoms with E-state index in [2.05, 4.69) is 25.3 Å². The standard InChI is InChI=1S/C14H16ClN5O/c1-8-17-11(15)6-12(18-8)16-7-10-5-13(21)20-14(19-10)9-3-2-4-9/h5-6,9H,2-4,7H2,1H3,(H,16,17,18)(H,19,20,21). The second-order valence-corrected chi connectivity index (χ2v) is 5.61. The molecule has 2 aromatic heterocycles. The summed E-state index contributed by atoms with van der Waals surface area (Å²) in [5, 5.41) is 3.51. The van der Waals surface area contributed by atoms with Crippen molar-refractivity contribution in [1.82, 2.24) is 19.9 Å². The highest BCUT2D eigenvalue weighted by Crippen LogP contribution is 2.33. The van der Waals surface area contributed by atoms with Gasteiger partial charge in [-0.3, -0.25) is 4.79 Å². The minimum atomic E-state index is -0.111. The Morgan fingerprint density at radius 2 is 2.14 bits per heavy atom. The number of aromatic nitrogens is 4. The maximum atomic E-state index is 11.7. The van der Waals surface area contributed by atoms with Crippen LogP contribution in [0.3, 0.4) is 0 Å². The summed E-state index contributed by atoms with van der Waals surface area (Å²) in [6, 6.07) is 3.15. The Balaban J connectivity index is 1.75. The minimum absolute atomic E-state index is 0.111. The molecule has 0 saturated heterocycles. The Labute approximate surface area is 127 Å². The first kappa shape index (κ1) is 14.0. The zero-order chi connectivity index (χ0) is 14.8. The molecule has 0 unspecified atom stereocenters. The number of halogens is 1. The molecule has 0 atom stereocenters. The number of nitrogens with one attached hydrogen (secondary N) is 2. The largest absolute Gasteiger partial charge is 0.364 e. The van der Waals surface area contributed by atoms with E-state index in [1.54, 1.807) is 13.0 Å². The van der Waals surface area contributed by atoms with Gasteiger partial charge in [-0.05, 0) is 19.8 Å². The summed E-state index contributed by atoms with van der Waals surface area (Å²) in [6.45, 7) is 2.20. The number of aryl methyl sites for hydroxylation is 1. The molecular formula is C14H16ClN5O. The topological polar surface area (TPSA) is 83.6 Å². The summed E-state index contributed by atoms with van der Waals surface area (Å²) in [7, 11) is 0. The molecule has 0 radical (unpaired) electrons. The van der Waals surface area contributed by atoms with Crippen LogP contribution in [0.1, 0.15) is 42.5 Å². The average Bonchev–Trinajstić information content (AvgIpc) is 2.32. The van der Waals surface area contributed by atoms with E-state index >= 15 is 0 Å². The molecule has 2 heterocycles. The van der Waals surface area contributed by atoms with Crippen LogP contribution in [0.5, 0.6) is 0 Å². The van der Waals surface area contributed by atoms with Crippen molar-refractivity contribution in [2.45, 2.75) is 38.6 Å². The van der Waals surface area contributed by atoms with E-state index in [9.17, 15) is 4.79 Å². The zero-order valence-electron chi connectivity index (χ0n) is 11.7. The molecule has 2 aromatic rings. The molecule has 21 heavy (non-hydrogen) atoms. The highest BCUT2D eigenvalue weighted by Gasteiger charge is 2.22. The second kappa shape index (κ2) is 5.81. The van der Waals surface area contributed by atoms with E-state index in [1.165, 1.54) is 12.5 Å². The molecule has 1 fully saturated rings. The van der Waals surface area contributed by atoms with E-state index in [-0.39, 0.29) is 5.56 Å². The predicted octanol–water partition coefficient (Wildman–Crippen LogP) is 2.40. The van der Waals surface area contributed by atoms with Crippen LogP contribution in [0.2, 0.25) is 5.15 Å². The van der Waals surface area contributed by atoms with Gasteiger partial charge in [0.2, 0.25) is 0 Å². The van der Waals surface area contributed by atoms with Gasteiger partial charge in [0.15, 0.2) is 0 Å². The van der Waals surface area contributed by atoms with Crippen LogP contribution in [-0.2, 0) is 6.54 Å². The first-order chi connectivity index (χ1) is 10.1. The van der Waals surface area contributed by atoms with Crippen molar-refractivity contribution in [3.63, 3.8) is 0 Å². The fourth-order valence-electron chi connectivity index (χ4n) is 2.30. The third-order valence-electron chi connectivity index (χ3n) is 3.56. The molecule has 110 valence electrons. The SMILES string of the molecule is Cc1nc(Cl)cc(NCc2cc(=O)[nH]c(C3CCC3)n2)n1. The molecule has 0 bridgehead atoms. The number of hydrogen-bond acceptors (Lipinski definition) is 5. The van der Waals surface area contributed by atoms with Crippen molar-refractivity contribution in [3.8, 4) is 0 Å². The third-order valence-corrected chi connectivity index (χ3v) is 3.76. The van der Waals surface area contributed by atoms with Crippen LogP contribution in [0.15, 0.2) is 16.9 Å². The number of nitrogens with zero attached hydrogens (tertiary/aromatic N) is 3. The minimum Gasteiger partial charge on any atom is -0.364 e. The van der Waals surface area contributed by atoms with Gasteiger partial charge in [-0.15, -0.1) is 0 Å². The van der Waals surface area contributed by atoms with Gasteiger partial charge in [0.1, 0.15) is 22.6 Å². The lowest BCUT2D eigenvalue weighted by Crippen LogP contribution is -2.20. The van der Waals surface area contributed by atoms with Crippen molar-refractivity contribution < 1.29 is 0 Å². The molecule has 1 aliphatic rings. The van der Waals surface area contributed by atoms with Crippen LogP contribution >= 0.6 is 11.6 Å². The molecular weight excluding hydrogens is 290 g/mol. The van der Waals surface area contributed by atoms with E-state index in [0.717, 1.165) is 18.7 Å². The fourth-order valence-corrected chi connectivity index (χ4v) is 2.52. The van der Waals surface area contributed by atoms with E-state index in [4.69, 9.17) is 11.6 Å². The van der Waals surface area contributed by atoms with Gasteiger partial charge in [0.25, 0.3) is 5.56 Å². The highest BCUT2D eigenvalue weighted by molar-refractivity contribution is 6.29. The molecule has 0 aliphatic heterocycles. The maximum absolute atomic E-state index is 11.7. The lowest BCUT2D eigenvalue weighted by Gasteiger charge is -2.24. The number of rotatable bonds is 4. The van der Waals surface area contributed by atoms with Crippen LogP contribution in [-0.4, -0.2) is 19.9 Å². The van der Waals surface area contributed by atoms with Gasteiger partial charge in [0, 0.05) is 18.1 Å². The Kier molecular flexibility index (Phi) is 3.88. The highest BCUT2D eigenvalue weighted by atomic mass is 35.5. The first-order valence-electron chi connectivity index (χ1n) is 6.95.